The molecule has 0 bridgehead atoms. The van der Waals surface area contributed by atoms with Gasteiger partial charge >= 0.3 is 0 Å². The lowest BCUT2D eigenvalue weighted by atomic mass is 10.0. The molecule has 0 spiro atoms. The highest BCUT2D eigenvalue weighted by Gasteiger charge is 2.04. The smallest absolute Gasteiger partial charge is 0.159 e. The zero-order valence-electron chi connectivity index (χ0n) is 22.7. The van der Waals surface area contributed by atoms with Crippen LogP contribution in [0.5, 0.6) is 5.75 Å². The molecule has 0 saturated carbocycles. The summed E-state index contributed by atoms with van der Waals surface area (Å²) in [6.07, 6.45) is 22.2. The fourth-order valence-corrected chi connectivity index (χ4v) is 4.52. The van der Waals surface area contributed by atoms with Crippen molar-refractivity contribution in [3.05, 3.63) is 77.6 Å². The van der Waals surface area contributed by atoms with Crippen LogP contribution in [0.4, 0.5) is 0 Å². The van der Waals surface area contributed by atoms with Crippen molar-refractivity contribution in [3.8, 4) is 17.1 Å². The van der Waals surface area contributed by atoms with Crippen LogP contribution in [0.3, 0.4) is 0 Å². The number of ether oxygens (including phenoxy) is 1. The molecule has 0 unspecified atom stereocenters. The van der Waals surface area contributed by atoms with E-state index in [1.54, 1.807) is 0 Å². The lowest BCUT2D eigenvalue weighted by Crippen LogP contribution is -1.96. The zero-order chi connectivity index (χ0) is 25.3. The number of benzene rings is 2. The Morgan fingerprint density at radius 3 is 1.61 bits per heavy atom. The third-order valence-corrected chi connectivity index (χ3v) is 6.88. The van der Waals surface area contributed by atoms with Gasteiger partial charge in [0, 0.05) is 18.0 Å². The molecular weight excluding hydrogens is 440 g/mol. The van der Waals surface area contributed by atoms with Crippen molar-refractivity contribution in [2.75, 3.05) is 0 Å². The van der Waals surface area contributed by atoms with Crippen LogP contribution >= 0.6 is 0 Å². The predicted octanol–water partition coefficient (Wildman–Crippen LogP) is 9.53. The molecule has 0 radical (unpaired) electrons. The van der Waals surface area contributed by atoms with Crippen molar-refractivity contribution in [1.82, 2.24) is 9.97 Å². The fourth-order valence-electron chi connectivity index (χ4n) is 4.52. The highest BCUT2D eigenvalue weighted by molar-refractivity contribution is 5.55. The Bertz CT molecular complexity index is 948. The van der Waals surface area contributed by atoms with E-state index < -0.39 is 0 Å². The van der Waals surface area contributed by atoms with E-state index in [-0.39, 0.29) is 0 Å². The average molecular weight is 487 g/mol. The molecule has 3 rings (SSSR count). The highest BCUT2D eigenvalue weighted by atomic mass is 16.5. The van der Waals surface area contributed by atoms with Gasteiger partial charge in [0.1, 0.15) is 12.4 Å². The topological polar surface area (TPSA) is 35.0 Å². The van der Waals surface area contributed by atoms with Gasteiger partial charge in [0.15, 0.2) is 5.82 Å². The molecule has 0 aliphatic rings. The van der Waals surface area contributed by atoms with Crippen molar-refractivity contribution in [2.45, 2.75) is 110 Å². The number of rotatable bonds is 18. The summed E-state index contributed by atoms with van der Waals surface area (Å²) < 4.78 is 6.01. The Balaban J connectivity index is 1.37. The molecular formula is C33H46N2O. The van der Waals surface area contributed by atoms with E-state index in [1.165, 1.54) is 100 Å². The summed E-state index contributed by atoms with van der Waals surface area (Å²) in [4.78, 5) is 9.21. The van der Waals surface area contributed by atoms with E-state index in [9.17, 15) is 0 Å². The molecule has 0 fully saturated rings. The van der Waals surface area contributed by atoms with Crippen LogP contribution in [0.1, 0.15) is 108 Å². The minimum atomic E-state index is 0.583. The third kappa shape index (κ3) is 10.5. The molecule has 0 aliphatic carbocycles. The summed E-state index contributed by atoms with van der Waals surface area (Å²) in [6, 6.07) is 17.0. The molecule has 194 valence electrons. The molecule has 36 heavy (non-hydrogen) atoms. The Hall–Kier alpha value is -2.68. The number of hydrogen-bond acceptors (Lipinski definition) is 3. The van der Waals surface area contributed by atoms with Gasteiger partial charge in [0.05, 0.1) is 0 Å². The molecule has 0 aliphatic heterocycles. The van der Waals surface area contributed by atoms with Crippen LogP contribution < -0.4 is 4.74 Å². The van der Waals surface area contributed by atoms with Gasteiger partial charge in [-0.05, 0) is 66.6 Å². The maximum atomic E-state index is 6.01. The lowest BCUT2D eigenvalue weighted by Gasteiger charge is -2.08. The van der Waals surface area contributed by atoms with E-state index in [0.29, 0.717) is 6.61 Å². The molecule has 3 aromatic rings. The fraction of sp³-hybridized carbons (Fsp3) is 0.515. The number of aryl methyl sites for hydroxylation is 2. The van der Waals surface area contributed by atoms with Crippen LogP contribution in [0.2, 0.25) is 0 Å². The minimum Gasteiger partial charge on any atom is -0.489 e. The van der Waals surface area contributed by atoms with Gasteiger partial charge in [-0.15, -0.1) is 0 Å². The summed E-state index contributed by atoms with van der Waals surface area (Å²) in [6.45, 7) is 5.11. The standard InChI is InChI=1S/C33H46N2O/c1-3-5-7-9-10-12-14-16-30-25-34-33(35-26-30)31-21-23-32(24-22-31)36-27-29-19-17-28(18-20-29)15-13-11-8-6-4-2/h17-26H,3-16,27H2,1-2H3. The zero-order valence-corrected chi connectivity index (χ0v) is 22.7. The Morgan fingerprint density at radius 2 is 1.03 bits per heavy atom. The molecule has 2 aromatic carbocycles. The maximum Gasteiger partial charge on any atom is 0.159 e. The first kappa shape index (κ1) is 27.9. The molecule has 1 aromatic heterocycles. The quantitative estimate of drug-likeness (QED) is 0.168. The number of aromatic nitrogens is 2. The normalized spacial score (nSPS) is 11.1. The monoisotopic (exact) mass is 486 g/mol. The highest BCUT2D eigenvalue weighted by Crippen LogP contribution is 2.21. The Morgan fingerprint density at radius 1 is 0.528 bits per heavy atom. The van der Waals surface area contributed by atoms with Crippen molar-refractivity contribution >= 4 is 0 Å². The Labute approximate surface area is 219 Å². The van der Waals surface area contributed by atoms with E-state index in [4.69, 9.17) is 4.74 Å². The number of hydrogen-bond donors (Lipinski definition) is 0. The second-order valence-corrected chi connectivity index (χ2v) is 10.1. The van der Waals surface area contributed by atoms with E-state index in [1.807, 2.05) is 36.7 Å². The lowest BCUT2D eigenvalue weighted by molar-refractivity contribution is 0.306. The molecule has 0 amide bonds. The number of unbranched alkanes of at least 4 members (excludes halogenated alkanes) is 10. The molecule has 0 saturated heterocycles. The summed E-state index contributed by atoms with van der Waals surface area (Å²) in [7, 11) is 0. The van der Waals surface area contributed by atoms with Crippen LogP contribution in [0.25, 0.3) is 11.4 Å². The minimum absolute atomic E-state index is 0.583. The van der Waals surface area contributed by atoms with Crippen LogP contribution in [-0.2, 0) is 19.4 Å². The van der Waals surface area contributed by atoms with Crippen LogP contribution in [-0.4, -0.2) is 9.97 Å². The van der Waals surface area contributed by atoms with Gasteiger partial charge in [-0.1, -0.05) is 102 Å². The van der Waals surface area contributed by atoms with E-state index in [0.717, 1.165) is 23.6 Å². The first-order chi connectivity index (χ1) is 17.8. The summed E-state index contributed by atoms with van der Waals surface area (Å²) in [5.74, 6) is 1.64. The molecule has 0 atom stereocenters. The van der Waals surface area contributed by atoms with Gasteiger partial charge in [-0.25, -0.2) is 9.97 Å². The van der Waals surface area contributed by atoms with E-state index in [2.05, 4.69) is 48.1 Å². The Kier molecular flexibility index (Phi) is 13.1. The average Bonchev–Trinajstić information content (AvgIpc) is 2.93. The largest absolute Gasteiger partial charge is 0.489 e. The van der Waals surface area contributed by atoms with Gasteiger partial charge in [0.25, 0.3) is 0 Å². The maximum absolute atomic E-state index is 6.01. The second kappa shape index (κ2) is 16.9. The van der Waals surface area contributed by atoms with Gasteiger partial charge in [-0.3, -0.25) is 0 Å². The van der Waals surface area contributed by atoms with Gasteiger partial charge in [-0.2, -0.15) is 0 Å². The molecule has 0 N–H and O–H groups in total. The summed E-state index contributed by atoms with van der Waals surface area (Å²) in [5, 5.41) is 0. The first-order valence-corrected chi connectivity index (χ1v) is 14.4. The molecule has 1 heterocycles. The predicted molar refractivity (Wildman–Crippen MR) is 152 cm³/mol. The van der Waals surface area contributed by atoms with Crippen molar-refractivity contribution in [1.29, 1.82) is 0 Å². The number of nitrogens with zero attached hydrogens (tertiary/aromatic N) is 2. The van der Waals surface area contributed by atoms with Crippen molar-refractivity contribution in [3.63, 3.8) is 0 Å². The van der Waals surface area contributed by atoms with E-state index >= 15 is 0 Å². The first-order valence-electron chi connectivity index (χ1n) is 14.4. The second-order valence-electron chi connectivity index (χ2n) is 10.1. The van der Waals surface area contributed by atoms with Gasteiger partial charge < -0.3 is 4.74 Å². The summed E-state index contributed by atoms with van der Waals surface area (Å²) in [5.41, 5.74) is 4.88. The van der Waals surface area contributed by atoms with Crippen LogP contribution in [0.15, 0.2) is 60.9 Å². The SMILES string of the molecule is CCCCCCCCCc1cnc(-c2ccc(OCc3ccc(CCCCCCC)cc3)cc2)nc1. The molecule has 3 heteroatoms. The summed E-state index contributed by atoms with van der Waals surface area (Å²) >= 11 is 0. The van der Waals surface area contributed by atoms with Crippen LogP contribution in [0, 0.1) is 0 Å². The molecule has 3 nitrogen and oxygen atoms in total. The van der Waals surface area contributed by atoms with Gasteiger partial charge in [0.2, 0.25) is 0 Å². The third-order valence-electron chi connectivity index (χ3n) is 6.88. The van der Waals surface area contributed by atoms with Crippen molar-refractivity contribution < 1.29 is 4.74 Å². The van der Waals surface area contributed by atoms with Crippen molar-refractivity contribution in [2.24, 2.45) is 0 Å².